The highest BCUT2D eigenvalue weighted by atomic mass is 16.5. The molecule has 2 unspecified atom stereocenters. The minimum absolute atomic E-state index is 0.141. The smallest absolute Gasteiger partial charge is 0.326 e. The summed E-state index contributed by atoms with van der Waals surface area (Å²) in [6.07, 6.45) is 3.30. The molecule has 1 aliphatic rings. The minimum atomic E-state index is -0.915. The first-order valence-corrected chi connectivity index (χ1v) is 5.53. The molecule has 0 aromatic carbocycles. The van der Waals surface area contributed by atoms with Crippen molar-refractivity contribution in [3.05, 3.63) is 24.0 Å². The number of nitriles is 1. The Morgan fingerprint density at radius 2 is 2.50 bits per heavy atom. The van der Waals surface area contributed by atoms with Gasteiger partial charge in [0.05, 0.1) is 23.6 Å². The van der Waals surface area contributed by atoms with Crippen LogP contribution in [0.25, 0.3) is 0 Å². The Morgan fingerprint density at radius 1 is 1.72 bits per heavy atom. The summed E-state index contributed by atoms with van der Waals surface area (Å²) in [5, 5.41) is 18.3. The molecule has 1 aromatic heterocycles. The van der Waals surface area contributed by atoms with Gasteiger partial charge in [0, 0.05) is 26.3 Å². The summed E-state index contributed by atoms with van der Waals surface area (Å²) in [6, 6.07) is 2.95. The second-order valence-corrected chi connectivity index (χ2v) is 4.10. The summed E-state index contributed by atoms with van der Waals surface area (Å²) >= 11 is 0. The number of nitrogens with zero attached hydrogens (tertiary/aromatic N) is 3. The number of aromatic nitrogens is 1. The van der Waals surface area contributed by atoms with Gasteiger partial charge in [-0.1, -0.05) is 0 Å². The molecule has 0 aliphatic carbocycles. The van der Waals surface area contributed by atoms with E-state index < -0.39 is 12.0 Å². The molecule has 2 rings (SSSR count). The number of anilines is 1. The Balaban J connectivity index is 2.36. The maximum atomic E-state index is 11.2. The van der Waals surface area contributed by atoms with Crippen LogP contribution in [0, 0.1) is 11.3 Å². The van der Waals surface area contributed by atoms with Crippen LogP contribution in [0.5, 0.6) is 0 Å². The number of rotatable bonds is 3. The van der Waals surface area contributed by atoms with E-state index in [1.165, 1.54) is 12.4 Å². The van der Waals surface area contributed by atoms with Crippen molar-refractivity contribution in [2.24, 2.45) is 0 Å². The van der Waals surface area contributed by atoms with Gasteiger partial charge in [0.25, 0.3) is 0 Å². The molecule has 1 aliphatic heterocycles. The largest absolute Gasteiger partial charge is 0.480 e. The Kier molecular flexibility index (Phi) is 3.44. The van der Waals surface area contributed by atoms with Crippen LogP contribution < -0.4 is 4.90 Å². The highest BCUT2D eigenvalue weighted by Gasteiger charge is 2.38. The van der Waals surface area contributed by atoms with Crippen LogP contribution >= 0.6 is 0 Å². The number of methoxy groups -OCH3 is 1. The first-order valence-electron chi connectivity index (χ1n) is 5.53. The molecule has 6 nitrogen and oxygen atoms in total. The molecule has 1 aromatic rings. The Hall–Kier alpha value is -2.13. The molecule has 0 bridgehead atoms. The van der Waals surface area contributed by atoms with Gasteiger partial charge < -0.3 is 14.7 Å². The highest BCUT2D eigenvalue weighted by molar-refractivity contribution is 5.80. The van der Waals surface area contributed by atoms with E-state index in [0.29, 0.717) is 24.2 Å². The van der Waals surface area contributed by atoms with Crippen molar-refractivity contribution in [2.75, 3.05) is 18.6 Å². The zero-order valence-electron chi connectivity index (χ0n) is 9.91. The highest BCUT2D eigenvalue weighted by Crippen LogP contribution is 2.29. The van der Waals surface area contributed by atoms with E-state index in [9.17, 15) is 9.90 Å². The molecule has 0 spiro atoms. The average Bonchev–Trinajstić information content (AvgIpc) is 2.83. The maximum absolute atomic E-state index is 11.2. The third-order valence-corrected chi connectivity index (χ3v) is 3.11. The van der Waals surface area contributed by atoms with Crippen molar-refractivity contribution in [2.45, 2.75) is 18.6 Å². The fourth-order valence-electron chi connectivity index (χ4n) is 2.18. The maximum Gasteiger partial charge on any atom is 0.326 e. The number of hydrogen-bond acceptors (Lipinski definition) is 5. The number of hydrogen-bond donors (Lipinski definition) is 1. The van der Waals surface area contributed by atoms with Gasteiger partial charge >= 0.3 is 5.97 Å². The van der Waals surface area contributed by atoms with Gasteiger partial charge in [-0.2, -0.15) is 5.26 Å². The van der Waals surface area contributed by atoms with Crippen LogP contribution in [-0.4, -0.2) is 41.9 Å². The summed E-state index contributed by atoms with van der Waals surface area (Å²) in [5.41, 5.74) is 0.972. The van der Waals surface area contributed by atoms with E-state index in [4.69, 9.17) is 10.00 Å². The predicted octanol–water partition coefficient (Wildman–Crippen LogP) is 0.632. The third kappa shape index (κ3) is 2.13. The lowest BCUT2D eigenvalue weighted by atomic mass is 10.2. The average molecular weight is 247 g/mol. The summed E-state index contributed by atoms with van der Waals surface area (Å²) in [7, 11) is 1.56. The first kappa shape index (κ1) is 12.3. The van der Waals surface area contributed by atoms with E-state index in [1.807, 2.05) is 6.07 Å². The molecule has 94 valence electrons. The van der Waals surface area contributed by atoms with Gasteiger partial charge in [-0.3, -0.25) is 4.98 Å². The van der Waals surface area contributed by atoms with E-state index in [0.717, 1.165) is 0 Å². The second kappa shape index (κ2) is 5.02. The third-order valence-electron chi connectivity index (χ3n) is 3.11. The van der Waals surface area contributed by atoms with Crippen molar-refractivity contribution >= 4 is 11.7 Å². The number of carbonyl (C=O) groups is 1. The summed E-state index contributed by atoms with van der Waals surface area (Å²) < 4.78 is 5.21. The van der Waals surface area contributed by atoms with Gasteiger partial charge in [-0.15, -0.1) is 0 Å². The SMILES string of the molecule is COC1CC(C(=O)O)N(c2cnccc2C#N)C1. The van der Waals surface area contributed by atoms with Crippen molar-refractivity contribution in [1.29, 1.82) is 5.26 Å². The lowest BCUT2D eigenvalue weighted by Gasteiger charge is -2.23. The van der Waals surface area contributed by atoms with Gasteiger partial charge in [-0.05, 0) is 6.07 Å². The molecule has 0 amide bonds. The molecule has 0 saturated carbocycles. The predicted molar refractivity (Wildman–Crippen MR) is 63.1 cm³/mol. The van der Waals surface area contributed by atoms with Gasteiger partial charge in [-0.25, -0.2) is 4.79 Å². The minimum Gasteiger partial charge on any atom is -0.480 e. The van der Waals surface area contributed by atoms with Crippen LogP contribution in [0.3, 0.4) is 0 Å². The molecule has 18 heavy (non-hydrogen) atoms. The lowest BCUT2D eigenvalue weighted by Crippen LogP contribution is -2.36. The monoisotopic (exact) mass is 247 g/mol. The van der Waals surface area contributed by atoms with Crippen LogP contribution in [-0.2, 0) is 9.53 Å². The van der Waals surface area contributed by atoms with Crippen molar-refractivity contribution in [3.8, 4) is 6.07 Å². The molecule has 1 fully saturated rings. The molecule has 2 heterocycles. The van der Waals surface area contributed by atoms with Gasteiger partial charge in [0.15, 0.2) is 0 Å². The van der Waals surface area contributed by atoms with Crippen LogP contribution in [0.1, 0.15) is 12.0 Å². The summed E-state index contributed by atoms with van der Waals surface area (Å²) in [6.45, 7) is 0.452. The number of ether oxygens (including phenoxy) is 1. The van der Waals surface area contributed by atoms with Crippen LogP contribution in [0.4, 0.5) is 5.69 Å². The molecule has 6 heteroatoms. The number of carboxylic acid groups (broad SMARTS) is 1. The quantitative estimate of drug-likeness (QED) is 0.843. The summed E-state index contributed by atoms with van der Waals surface area (Å²) in [4.78, 5) is 16.9. The van der Waals surface area contributed by atoms with Crippen molar-refractivity contribution in [1.82, 2.24) is 4.98 Å². The van der Waals surface area contributed by atoms with E-state index in [2.05, 4.69) is 4.98 Å². The Morgan fingerprint density at radius 3 is 3.11 bits per heavy atom. The molecule has 1 saturated heterocycles. The molecule has 1 N–H and O–H groups in total. The fourth-order valence-corrected chi connectivity index (χ4v) is 2.18. The zero-order chi connectivity index (χ0) is 13.1. The van der Waals surface area contributed by atoms with E-state index in [1.54, 1.807) is 18.1 Å². The number of carboxylic acids is 1. The van der Waals surface area contributed by atoms with E-state index >= 15 is 0 Å². The standard InChI is InChI=1S/C12H13N3O3/c1-18-9-4-10(12(16)17)15(7-9)11-6-14-3-2-8(11)5-13/h2-3,6,9-10H,4,7H2,1H3,(H,16,17). The molecular formula is C12H13N3O3. The topological polar surface area (TPSA) is 86.5 Å². The van der Waals surface area contributed by atoms with E-state index in [-0.39, 0.29) is 6.10 Å². The second-order valence-electron chi connectivity index (χ2n) is 4.10. The zero-order valence-corrected chi connectivity index (χ0v) is 9.91. The summed E-state index contributed by atoms with van der Waals surface area (Å²) in [5.74, 6) is -0.915. The first-order chi connectivity index (χ1) is 8.67. The Bertz CT molecular complexity index is 498. The van der Waals surface area contributed by atoms with Crippen molar-refractivity contribution < 1.29 is 14.6 Å². The fraction of sp³-hybridized carbons (Fsp3) is 0.417. The normalized spacial score (nSPS) is 22.8. The van der Waals surface area contributed by atoms with Crippen LogP contribution in [0.2, 0.25) is 0 Å². The molecule has 0 radical (unpaired) electrons. The van der Waals surface area contributed by atoms with Crippen molar-refractivity contribution in [3.63, 3.8) is 0 Å². The lowest BCUT2D eigenvalue weighted by molar-refractivity contribution is -0.138. The van der Waals surface area contributed by atoms with Crippen LogP contribution in [0.15, 0.2) is 18.5 Å². The molecular weight excluding hydrogens is 234 g/mol. The Labute approximate surface area is 104 Å². The number of pyridine rings is 1. The molecule has 2 atom stereocenters. The van der Waals surface area contributed by atoms with Gasteiger partial charge in [0.1, 0.15) is 12.1 Å². The van der Waals surface area contributed by atoms with Gasteiger partial charge in [0.2, 0.25) is 0 Å². The number of aliphatic carboxylic acids is 1.